The van der Waals surface area contributed by atoms with Gasteiger partial charge in [-0.05, 0) is 13.3 Å². The summed E-state index contributed by atoms with van der Waals surface area (Å²) in [5.41, 5.74) is 5.18. The van der Waals surface area contributed by atoms with E-state index in [-0.39, 0.29) is 18.5 Å². The Hall–Kier alpha value is -0.570. The second kappa shape index (κ2) is 8.05. The van der Waals surface area contributed by atoms with Gasteiger partial charge in [-0.1, -0.05) is 32.6 Å². The first kappa shape index (κ1) is 12.4. The topological polar surface area (TPSA) is 55.1 Å². The second-order valence-electron chi connectivity index (χ2n) is 3.52. The van der Waals surface area contributed by atoms with Gasteiger partial charge in [0.25, 0.3) is 0 Å². The Morgan fingerprint density at radius 1 is 1.38 bits per heavy atom. The van der Waals surface area contributed by atoms with Crippen LogP contribution in [0.15, 0.2) is 0 Å². The van der Waals surface area contributed by atoms with E-state index in [1.54, 1.807) is 0 Å². The first-order valence-corrected chi connectivity index (χ1v) is 5.20. The largest absolute Gasteiger partial charge is 0.353 e. The molecule has 0 fully saturated rings. The molecule has 0 aliphatic rings. The van der Waals surface area contributed by atoms with Crippen LogP contribution in [0.1, 0.15) is 46.0 Å². The Morgan fingerprint density at radius 3 is 2.62 bits per heavy atom. The fraction of sp³-hybridized carbons (Fsp3) is 0.900. The van der Waals surface area contributed by atoms with Gasteiger partial charge in [0.2, 0.25) is 5.91 Å². The minimum Gasteiger partial charge on any atom is -0.353 e. The summed E-state index contributed by atoms with van der Waals surface area (Å²) in [5, 5.41) is 2.84. The number of nitrogens with two attached hydrogens (primary N) is 1. The number of carbonyl (C=O) groups excluding carboxylic acids is 1. The van der Waals surface area contributed by atoms with Gasteiger partial charge in [0, 0.05) is 6.04 Å². The maximum atomic E-state index is 10.9. The normalized spacial score (nSPS) is 12.5. The van der Waals surface area contributed by atoms with E-state index in [1.165, 1.54) is 25.7 Å². The molecule has 78 valence electrons. The van der Waals surface area contributed by atoms with Crippen molar-refractivity contribution in [3.63, 3.8) is 0 Å². The molecule has 0 radical (unpaired) electrons. The van der Waals surface area contributed by atoms with Crippen molar-refractivity contribution in [2.45, 2.75) is 52.0 Å². The highest BCUT2D eigenvalue weighted by Gasteiger charge is 2.04. The molecule has 1 amide bonds. The van der Waals surface area contributed by atoms with Gasteiger partial charge in [-0.2, -0.15) is 0 Å². The van der Waals surface area contributed by atoms with Crippen LogP contribution in [0.4, 0.5) is 0 Å². The molecule has 13 heavy (non-hydrogen) atoms. The van der Waals surface area contributed by atoms with Crippen molar-refractivity contribution in [1.29, 1.82) is 0 Å². The molecule has 0 rings (SSSR count). The van der Waals surface area contributed by atoms with Crippen LogP contribution in [0.2, 0.25) is 0 Å². The van der Waals surface area contributed by atoms with Crippen LogP contribution >= 0.6 is 0 Å². The fourth-order valence-corrected chi connectivity index (χ4v) is 1.28. The molecule has 0 heterocycles. The number of nitrogens with one attached hydrogen (secondary N) is 1. The molecule has 3 heteroatoms. The Bertz CT molecular complexity index is 137. The van der Waals surface area contributed by atoms with Crippen LogP contribution in [0.3, 0.4) is 0 Å². The van der Waals surface area contributed by atoms with Gasteiger partial charge in [-0.25, -0.2) is 0 Å². The molecule has 0 aromatic carbocycles. The van der Waals surface area contributed by atoms with Crippen LogP contribution in [-0.4, -0.2) is 18.5 Å². The molecule has 0 saturated carbocycles. The minimum atomic E-state index is -0.0528. The predicted octanol–water partition coefficient (Wildman–Crippen LogP) is 1.42. The lowest BCUT2D eigenvalue weighted by Gasteiger charge is -2.12. The highest BCUT2D eigenvalue weighted by Crippen LogP contribution is 2.04. The molecule has 0 aromatic rings. The lowest BCUT2D eigenvalue weighted by molar-refractivity contribution is -0.120. The third-order valence-electron chi connectivity index (χ3n) is 2.08. The lowest BCUT2D eigenvalue weighted by Crippen LogP contribution is -2.36. The van der Waals surface area contributed by atoms with Gasteiger partial charge in [0.15, 0.2) is 0 Å². The molecule has 1 atom stereocenters. The van der Waals surface area contributed by atoms with E-state index in [4.69, 9.17) is 5.73 Å². The van der Waals surface area contributed by atoms with Crippen LogP contribution in [0.25, 0.3) is 0 Å². The van der Waals surface area contributed by atoms with Crippen LogP contribution in [0.5, 0.6) is 0 Å². The van der Waals surface area contributed by atoms with E-state index in [0.29, 0.717) is 0 Å². The zero-order valence-electron chi connectivity index (χ0n) is 8.81. The summed E-state index contributed by atoms with van der Waals surface area (Å²) in [5.74, 6) is -0.0528. The molecule has 0 bridgehead atoms. The predicted molar refractivity (Wildman–Crippen MR) is 55.4 cm³/mol. The van der Waals surface area contributed by atoms with Crippen molar-refractivity contribution in [2.75, 3.05) is 6.54 Å². The zero-order valence-corrected chi connectivity index (χ0v) is 8.81. The summed E-state index contributed by atoms with van der Waals surface area (Å²) < 4.78 is 0. The first-order chi connectivity index (χ1) is 6.20. The summed E-state index contributed by atoms with van der Waals surface area (Å²) in [6.45, 7) is 4.32. The van der Waals surface area contributed by atoms with Crippen molar-refractivity contribution in [1.82, 2.24) is 5.32 Å². The van der Waals surface area contributed by atoms with Gasteiger partial charge in [-0.15, -0.1) is 0 Å². The van der Waals surface area contributed by atoms with Crippen molar-refractivity contribution >= 4 is 5.91 Å². The zero-order chi connectivity index (χ0) is 10.1. The summed E-state index contributed by atoms with van der Waals surface area (Å²) in [6, 6.07) is 0.271. The van der Waals surface area contributed by atoms with E-state index in [9.17, 15) is 4.79 Å². The monoisotopic (exact) mass is 186 g/mol. The molecule has 0 aliphatic carbocycles. The highest BCUT2D eigenvalue weighted by atomic mass is 16.1. The Balaban J connectivity index is 3.29. The Labute approximate surface area is 81.1 Å². The molecule has 3 nitrogen and oxygen atoms in total. The van der Waals surface area contributed by atoms with E-state index in [2.05, 4.69) is 12.2 Å². The van der Waals surface area contributed by atoms with E-state index >= 15 is 0 Å². The molecular weight excluding hydrogens is 164 g/mol. The van der Waals surface area contributed by atoms with E-state index < -0.39 is 0 Å². The van der Waals surface area contributed by atoms with Gasteiger partial charge < -0.3 is 11.1 Å². The third kappa shape index (κ3) is 7.78. The SMILES string of the molecule is CCCCCCC(C)NC(=O)CN. The van der Waals surface area contributed by atoms with E-state index in [1.807, 2.05) is 6.92 Å². The van der Waals surface area contributed by atoms with Crippen LogP contribution in [-0.2, 0) is 4.79 Å². The van der Waals surface area contributed by atoms with Gasteiger partial charge in [0.05, 0.1) is 6.54 Å². The molecule has 0 saturated heterocycles. The molecule has 1 unspecified atom stereocenters. The van der Waals surface area contributed by atoms with Gasteiger partial charge >= 0.3 is 0 Å². The molecule has 0 aromatic heterocycles. The van der Waals surface area contributed by atoms with Crippen LogP contribution < -0.4 is 11.1 Å². The summed E-state index contributed by atoms with van der Waals surface area (Å²) in [6.07, 6.45) is 6.06. The quantitative estimate of drug-likeness (QED) is 0.591. The summed E-state index contributed by atoms with van der Waals surface area (Å²) in [4.78, 5) is 10.9. The highest BCUT2D eigenvalue weighted by molar-refractivity contribution is 5.77. The van der Waals surface area contributed by atoms with Gasteiger partial charge in [-0.3, -0.25) is 4.79 Å². The average Bonchev–Trinajstić information content (AvgIpc) is 2.12. The number of rotatable bonds is 7. The fourth-order valence-electron chi connectivity index (χ4n) is 1.28. The van der Waals surface area contributed by atoms with Crippen molar-refractivity contribution in [3.05, 3.63) is 0 Å². The maximum Gasteiger partial charge on any atom is 0.233 e. The number of hydrogen-bond donors (Lipinski definition) is 2. The number of unbranched alkanes of at least 4 members (excludes halogenated alkanes) is 3. The first-order valence-electron chi connectivity index (χ1n) is 5.20. The van der Waals surface area contributed by atoms with Crippen molar-refractivity contribution in [3.8, 4) is 0 Å². The summed E-state index contributed by atoms with van der Waals surface area (Å²) >= 11 is 0. The molecule has 0 spiro atoms. The summed E-state index contributed by atoms with van der Waals surface area (Å²) in [7, 11) is 0. The molecular formula is C10H22N2O. The Kier molecular flexibility index (Phi) is 7.69. The number of hydrogen-bond acceptors (Lipinski definition) is 2. The van der Waals surface area contributed by atoms with E-state index in [0.717, 1.165) is 6.42 Å². The standard InChI is InChI=1S/C10H22N2O/c1-3-4-5-6-7-9(2)12-10(13)8-11/h9H,3-8,11H2,1-2H3,(H,12,13). The van der Waals surface area contributed by atoms with Crippen molar-refractivity contribution in [2.24, 2.45) is 5.73 Å². The molecule has 3 N–H and O–H groups in total. The minimum absolute atomic E-state index is 0.0528. The third-order valence-corrected chi connectivity index (χ3v) is 2.08. The maximum absolute atomic E-state index is 10.9. The van der Waals surface area contributed by atoms with Gasteiger partial charge in [0.1, 0.15) is 0 Å². The average molecular weight is 186 g/mol. The van der Waals surface area contributed by atoms with Crippen molar-refractivity contribution < 1.29 is 4.79 Å². The molecule has 0 aliphatic heterocycles. The number of carbonyl (C=O) groups is 1. The Morgan fingerprint density at radius 2 is 2.08 bits per heavy atom. The second-order valence-corrected chi connectivity index (χ2v) is 3.52. The smallest absolute Gasteiger partial charge is 0.233 e. The lowest BCUT2D eigenvalue weighted by atomic mass is 10.1. The number of amides is 1. The van der Waals surface area contributed by atoms with Crippen LogP contribution in [0, 0.1) is 0 Å².